The van der Waals surface area contributed by atoms with E-state index in [1.165, 1.54) is 0 Å². The minimum Gasteiger partial charge on any atom is -0.714 e. The summed E-state index contributed by atoms with van der Waals surface area (Å²) in [6, 6.07) is 23.8. The zero-order chi connectivity index (χ0) is 48.3. The summed E-state index contributed by atoms with van der Waals surface area (Å²) in [5.74, 6) is -0.0232. The van der Waals surface area contributed by atoms with Crippen molar-refractivity contribution in [1.29, 1.82) is 0 Å². The SMILES string of the molecule is CC1(C)N([O])C(c2c3nc(cc4cc5c6cc7cc8ccc([nH]8)c(C8=[N+]([O-])C(C)(C)C(C)(C)N8[O])c8nc(cc9cc%10c%11cc(cc%12ccc2[nH]%12)nc%11c(c5[nH]4)c(c6n7)c%10[nH]9)C=C8)C=C3)=[N+]([O-])C1(C)C. The van der Waals surface area contributed by atoms with E-state index in [1.54, 1.807) is 55.4 Å². The average molecular weight is 925 g/mol. The molecule has 0 atom stereocenters. The van der Waals surface area contributed by atoms with Crippen molar-refractivity contribution >= 4 is 134 Å². The van der Waals surface area contributed by atoms with E-state index in [1.807, 2.05) is 72.8 Å². The zero-order valence-corrected chi connectivity index (χ0v) is 39.4. The first-order valence-electron chi connectivity index (χ1n) is 23.3. The van der Waals surface area contributed by atoms with Gasteiger partial charge in [-0.2, -0.15) is 0 Å². The monoisotopic (exact) mass is 924 g/mol. The molecule has 0 saturated carbocycles. The van der Waals surface area contributed by atoms with Crippen LogP contribution >= 0.6 is 0 Å². The van der Waals surface area contributed by atoms with E-state index in [0.717, 1.165) is 96.1 Å². The molecule has 0 saturated heterocycles. The van der Waals surface area contributed by atoms with Crippen molar-refractivity contribution in [3.63, 3.8) is 0 Å². The molecular formula is C54H44N12O4. The highest BCUT2D eigenvalue weighted by Crippen LogP contribution is 2.46. The Morgan fingerprint density at radius 2 is 0.886 bits per heavy atom. The van der Waals surface area contributed by atoms with E-state index in [0.29, 0.717) is 56.0 Å². The fourth-order valence-electron chi connectivity index (χ4n) is 11.0. The first-order chi connectivity index (χ1) is 33.3. The Kier molecular flexibility index (Phi) is 7.47. The number of hydroxylamine groups is 6. The van der Waals surface area contributed by atoms with Crippen molar-refractivity contribution in [2.24, 2.45) is 0 Å². The second-order valence-electron chi connectivity index (χ2n) is 21.2. The van der Waals surface area contributed by atoms with Gasteiger partial charge >= 0.3 is 11.7 Å². The van der Waals surface area contributed by atoms with Gasteiger partial charge in [0.05, 0.1) is 66.9 Å². The van der Waals surface area contributed by atoms with E-state index < -0.39 is 22.2 Å². The number of amidine groups is 2. The lowest BCUT2D eigenvalue weighted by molar-refractivity contribution is -0.539. The second-order valence-corrected chi connectivity index (χ2v) is 21.2. The molecule has 0 fully saturated rings. The molecular weight excluding hydrogens is 881 g/mol. The lowest BCUT2D eigenvalue weighted by Gasteiger charge is -2.32. The molecule has 4 aliphatic rings. The van der Waals surface area contributed by atoms with Gasteiger partial charge in [0, 0.05) is 64.8 Å². The van der Waals surface area contributed by atoms with Crippen molar-refractivity contribution in [1.82, 2.24) is 50.0 Å². The molecule has 12 heterocycles. The molecule has 16 heteroatoms. The number of nitrogens with one attached hydrogen (secondary N) is 4. The molecule has 8 aromatic heterocycles. The number of nitrogens with zero attached hydrogens (tertiary/aromatic N) is 8. The van der Waals surface area contributed by atoms with Gasteiger partial charge in [-0.05, 0) is 152 Å². The number of aromatic amines is 4. The molecule has 0 unspecified atom stereocenters. The second kappa shape index (κ2) is 12.8. The number of hydrogen-bond donors (Lipinski definition) is 4. The highest BCUT2D eigenvalue weighted by atomic mass is 16.5. The minimum atomic E-state index is -1.04. The molecule has 0 spiro atoms. The molecule has 10 aromatic rings. The van der Waals surface area contributed by atoms with Gasteiger partial charge in [0.15, 0.2) is 11.1 Å². The summed E-state index contributed by atoms with van der Waals surface area (Å²) in [6.45, 7) is 14.3. The summed E-state index contributed by atoms with van der Waals surface area (Å²) < 4.78 is 1.65. The summed E-state index contributed by atoms with van der Waals surface area (Å²) >= 11 is 0. The Morgan fingerprint density at radius 1 is 0.471 bits per heavy atom. The Balaban J connectivity index is 1.12. The fourth-order valence-corrected chi connectivity index (χ4v) is 11.0. The Bertz CT molecular complexity index is 4100. The molecule has 16 nitrogen and oxygen atoms in total. The number of H-pyrrole nitrogens is 4. The van der Waals surface area contributed by atoms with Crippen LogP contribution in [-0.2, 0) is 10.4 Å². The van der Waals surface area contributed by atoms with Gasteiger partial charge in [0.1, 0.15) is 22.2 Å². The van der Waals surface area contributed by atoms with Crippen molar-refractivity contribution < 1.29 is 19.9 Å². The van der Waals surface area contributed by atoms with Crippen molar-refractivity contribution in [2.75, 3.05) is 0 Å². The smallest absolute Gasteiger partial charge is 0.321 e. The topological polar surface area (TPSA) is 213 Å². The maximum atomic E-state index is 14.2. The Labute approximate surface area is 397 Å². The zero-order valence-electron chi connectivity index (χ0n) is 39.4. The molecule has 2 aromatic carbocycles. The number of hydrogen-bond acceptors (Lipinski definition) is 8. The summed E-state index contributed by atoms with van der Waals surface area (Å²) in [4.78, 5) is 35.4. The molecule has 16 bridgehead atoms. The summed E-state index contributed by atoms with van der Waals surface area (Å²) in [6.07, 6.45) is 7.48. The molecule has 4 aliphatic heterocycles. The number of aromatic nitrogens is 8. The van der Waals surface area contributed by atoms with Gasteiger partial charge in [-0.1, -0.05) is 10.1 Å². The summed E-state index contributed by atoms with van der Waals surface area (Å²) in [5.41, 5.74) is 7.69. The van der Waals surface area contributed by atoms with Crippen LogP contribution in [0.4, 0.5) is 0 Å². The first kappa shape index (κ1) is 40.7. The van der Waals surface area contributed by atoms with Crippen molar-refractivity contribution in [3.05, 3.63) is 117 Å². The van der Waals surface area contributed by atoms with Crippen LogP contribution in [0.2, 0.25) is 0 Å². The van der Waals surface area contributed by atoms with Gasteiger partial charge in [-0.3, -0.25) is 9.48 Å². The fraction of sp³-hybridized carbons (Fsp3) is 0.222. The van der Waals surface area contributed by atoms with Crippen LogP contribution in [0, 0.1) is 10.4 Å². The lowest BCUT2D eigenvalue weighted by atomic mass is 9.84. The summed E-state index contributed by atoms with van der Waals surface area (Å²) in [7, 11) is 0. The number of benzene rings is 2. The van der Waals surface area contributed by atoms with Crippen LogP contribution in [0.5, 0.6) is 0 Å². The largest absolute Gasteiger partial charge is 0.714 e. The lowest BCUT2D eigenvalue weighted by Crippen LogP contribution is -2.53. The molecule has 344 valence electrons. The van der Waals surface area contributed by atoms with Crippen molar-refractivity contribution in [2.45, 2.75) is 77.5 Å². The van der Waals surface area contributed by atoms with E-state index in [4.69, 9.17) is 19.9 Å². The van der Waals surface area contributed by atoms with E-state index in [-0.39, 0.29) is 11.7 Å². The van der Waals surface area contributed by atoms with Crippen LogP contribution in [0.1, 0.15) is 89.3 Å². The first-order valence-corrected chi connectivity index (χ1v) is 23.3. The van der Waals surface area contributed by atoms with Crippen LogP contribution in [-0.4, -0.2) is 93.3 Å². The highest BCUT2D eigenvalue weighted by Gasteiger charge is 2.61. The van der Waals surface area contributed by atoms with Gasteiger partial charge in [0.2, 0.25) is 0 Å². The third-order valence-corrected chi connectivity index (χ3v) is 16.3. The van der Waals surface area contributed by atoms with E-state index in [2.05, 4.69) is 44.2 Å². The summed E-state index contributed by atoms with van der Waals surface area (Å²) in [5, 5.41) is 64.0. The van der Waals surface area contributed by atoms with Crippen molar-refractivity contribution in [3.8, 4) is 0 Å². The maximum absolute atomic E-state index is 14.2. The van der Waals surface area contributed by atoms with E-state index in [9.17, 15) is 20.8 Å². The van der Waals surface area contributed by atoms with E-state index >= 15 is 0 Å². The standard InChI is InChI=1S/C54H44N12O4/c1-51(2)52(3,4)64(68)49(63(51)67)41-37-13-9-25(55-37)17-29-21-33-35-23-31-19-27-11-15-39(57-27)42(50-65(69)53(5,6)54(7,8)66(50)70)40-16-12-28(58-40)20-32-24-36-34-22-30(18-26-10-14-38(41)56-26)60-46(34)43(45(33)59-29)44(47(35)61-31)48(36)62-32/h9-24,55,58,60-61H,1-8H3. The quantitative estimate of drug-likeness (QED) is 0.0965. The number of rotatable bonds is 2. The third kappa shape index (κ3) is 5.05. The molecule has 70 heavy (non-hydrogen) atoms. The normalized spacial score (nSPS) is 18.4. The van der Waals surface area contributed by atoms with Gasteiger partial charge < -0.3 is 30.4 Å². The molecule has 14 rings (SSSR count). The number of fused-ring (bicyclic) bond motifs is 14. The highest BCUT2D eigenvalue weighted by molar-refractivity contribution is 6.39. The van der Waals surface area contributed by atoms with Gasteiger partial charge in [-0.25, -0.2) is 19.9 Å². The van der Waals surface area contributed by atoms with Crippen LogP contribution < -0.4 is 0 Å². The van der Waals surface area contributed by atoms with Gasteiger partial charge in [-0.15, -0.1) is 0 Å². The molecule has 0 amide bonds. The predicted octanol–water partition coefficient (Wildman–Crippen LogP) is 10.6. The Hall–Kier alpha value is -8.34. The minimum absolute atomic E-state index is 0.0116. The van der Waals surface area contributed by atoms with Crippen LogP contribution in [0.25, 0.3) is 123 Å². The molecule has 2 radical (unpaired) electrons. The average Bonchev–Trinajstić information content (AvgIpc) is 4.16. The van der Waals surface area contributed by atoms with Crippen LogP contribution in [0.15, 0.2) is 72.8 Å². The molecule has 4 N–H and O–H groups in total. The Morgan fingerprint density at radius 3 is 1.27 bits per heavy atom. The van der Waals surface area contributed by atoms with Crippen LogP contribution in [0.3, 0.4) is 0 Å². The predicted molar refractivity (Wildman–Crippen MR) is 274 cm³/mol. The molecule has 0 aliphatic carbocycles. The van der Waals surface area contributed by atoms with Gasteiger partial charge in [0.25, 0.3) is 0 Å². The maximum Gasteiger partial charge on any atom is 0.321 e. The third-order valence-electron chi connectivity index (χ3n) is 16.3.